The Balaban J connectivity index is 1.33. The number of hydrogen-bond acceptors (Lipinski definition) is 7. The first-order valence-corrected chi connectivity index (χ1v) is 14.4. The molecule has 9 nitrogen and oxygen atoms in total. The molecule has 1 aliphatic rings. The molecule has 44 heavy (non-hydrogen) atoms. The van der Waals surface area contributed by atoms with Crippen molar-refractivity contribution in [3.8, 4) is 16.8 Å². The van der Waals surface area contributed by atoms with Gasteiger partial charge in [0.15, 0.2) is 17.1 Å². The molecule has 0 radical (unpaired) electrons. The molecule has 0 saturated heterocycles. The number of carbonyl (C=O) groups excluding carboxylic acids is 1. The minimum atomic E-state index is -4.74. The monoisotopic (exact) mass is 604 g/mol. The van der Waals surface area contributed by atoms with Gasteiger partial charge in [-0.05, 0) is 66.4 Å². The molecule has 6 rings (SSSR count). The molecule has 0 aliphatic carbocycles. The van der Waals surface area contributed by atoms with Crippen molar-refractivity contribution in [2.24, 2.45) is 0 Å². The molecule has 0 atom stereocenters. The molecule has 228 valence electrons. The van der Waals surface area contributed by atoms with Crippen molar-refractivity contribution in [2.45, 2.75) is 32.5 Å². The van der Waals surface area contributed by atoms with Gasteiger partial charge in [0.2, 0.25) is 0 Å². The van der Waals surface area contributed by atoms with E-state index >= 15 is 0 Å². The fourth-order valence-corrected chi connectivity index (χ4v) is 5.74. The number of alkyl halides is 3. The average molecular weight is 605 g/mol. The van der Waals surface area contributed by atoms with Crippen LogP contribution in [0.25, 0.3) is 27.8 Å². The molecule has 0 saturated carbocycles. The first-order valence-electron chi connectivity index (χ1n) is 14.4. The largest absolute Gasteiger partial charge is 0.435 e. The van der Waals surface area contributed by atoms with Gasteiger partial charge < -0.3 is 20.3 Å². The van der Waals surface area contributed by atoms with Crippen molar-refractivity contribution in [2.75, 3.05) is 36.9 Å². The Bertz CT molecular complexity index is 1810. The molecule has 5 aromatic rings. The van der Waals surface area contributed by atoms with Crippen LogP contribution in [0.2, 0.25) is 0 Å². The lowest BCUT2D eigenvalue weighted by Gasteiger charge is -2.28. The molecule has 0 bridgehead atoms. The number of hydrogen-bond donors (Lipinski definition) is 2. The van der Waals surface area contributed by atoms with Gasteiger partial charge in [0, 0.05) is 37.5 Å². The van der Waals surface area contributed by atoms with Crippen LogP contribution < -0.4 is 10.6 Å². The fraction of sp³-hybridized carbons (Fsp3) is 0.281. The Labute approximate surface area is 251 Å². The number of anilines is 2. The lowest BCUT2D eigenvalue weighted by molar-refractivity contribution is -0.141. The van der Waals surface area contributed by atoms with Crippen molar-refractivity contribution < 1.29 is 27.6 Å². The van der Waals surface area contributed by atoms with E-state index < -0.39 is 17.8 Å². The van der Waals surface area contributed by atoms with Crippen molar-refractivity contribution >= 4 is 28.4 Å². The van der Waals surface area contributed by atoms with E-state index in [-0.39, 0.29) is 42.3 Å². The summed E-state index contributed by atoms with van der Waals surface area (Å²) in [5.41, 5.74) is 8.82. The zero-order valence-corrected chi connectivity index (χ0v) is 24.0. The Hall–Kier alpha value is -4.68. The second-order valence-electron chi connectivity index (χ2n) is 10.7. The SMILES string of the molecule is CCN(CCCO)Cc1ccccc1-c1ccc(N2CCc3c(C(F)(F)F)nn(-c4ccc5onc(N)c5c4)c3C2=O)cc1. The minimum absolute atomic E-state index is 0.0150. The molecule has 1 amide bonds. The van der Waals surface area contributed by atoms with E-state index in [1.807, 2.05) is 42.5 Å². The van der Waals surface area contributed by atoms with Crippen molar-refractivity contribution in [1.29, 1.82) is 0 Å². The molecule has 3 heterocycles. The summed E-state index contributed by atoms with van der Waals surface area (Å²) >= 11 is 0. The summed E-state index contributed by atoms with van der Waals surface area (Å²) < 4.78 is 48.3. The summed E-state index contributed by atoms with van der Waals surface area (Å²) in [6.07, 6.45) is -4.06. The topological polar surface area (TPSA) is 114 Å². The van der Waals surface area contributed by atoms with Crippen LogP contribution in [-0.2, 0) is 19.1 Å². The summed E-state index contributed by atoms with van der Waals surface area (Å²) in [5.74, 6) is -0.496. The zero-order chi connectivity index (χ0) is 31.0. The smallest absolute Gasteiger partial charge is 0.396 e. The van der Waals surface area contributed by atoms with E-state index in [1.54, 1.807) is 0 Å². The van der Waals surface area contributed by atoms with E-state index in [1.165, 1.54) is 23.1 Å². The summed E-state index contributed by atoms with van der Waals surface area (Å²) in [4.78, 5) is 17.6. The number of aromatic nitrogens is 3. The molecule has 3 N–H and O–H groups in total. The standard InChI is InChI=1S/C32H31F3N6O3/c1-2-39(15-5-17-42)19-21-6-3-4-7-24(21)20-8-10-22(11-9-20)40-16-14-25-28(31(40)43)41(37-29(25)32(33,34)35)23-12-13-27-26(18-23)30(36)38-44-27/h3-4,6-13,18,42H,2,5,14-17,19H2,1H3,(H2,36,38). The molecule has 0 unspecified atom stereocenters. The zero-order valence-electron chi connectivity index (χ0n) is 24.0. The van der Waals surface area contributed by atoms with E-state index in [0.29, 0.717) is 23.1 Å². The minimum Gasteiger partial charge on any atom is -0.396 e. The Morgan fingerprint density at radius 1 is 1.07 bits per heavy atom. The number of nitrogens with two attached hydrogens (primary N) is 1. The number of halogens is 3. The van der Waals surface area contributed by atoms with Crippen molar-refractivity contribution in [1.82, 2.24) is 19.8 Å². The Morgan fingerprint density at radius 2 is 1.82 bits per heavy atom. The van der Waals surface area contributed by atoms with E-state index in [2.05, 4.69) is 28.1 Å². The third-order valence-electron chi connectivity index (χ3n) is 7.99. The third-order valence-corrected chi connectivity index (χ3v) is 7.99. The molecule has 2 aromatic heterocycles. The summed E-state index contributed by atoms with van der Waals surface area (Å²) in [5, 5.41) is 17.2. The van der Waals surface area contributed by atoms with Gasteiger partial charge >= 0.3 is 6.18 Å². The van der Waals surface area contributed by atoms with Crippen LogP contribution in [-0.4, -0.2) is 57.1 Å². The molecule has 0 fully saturated rings. The number of carbonyl (C=O) groups is 1. The predicted molar refractivity (Wildman–Crippen MR) is 160 cm³/mol. The first kappa shape index (κ1) is 29.4. The molecule has 1 aliphatic heterocycles. The molecule has 0 spiro atoms. The highest BCUT2D eigenvalue weighted by Crippen LogP contribution is 2.38. The maximum Gasteiger partial charge on any atom is 0.435 e. The number of fused-ring (bicyclic) bond motifs is 2. The predicted octanol–water partition coefficient (Wildman–Crippen LogP) is 5.69. The quantitative estimate of drug-likeness (QED) is 0.222. The lowest BCUT2D eigenvalue weighted by Crippen LogP contribution is -2.39. The Morgan fingerprint density at radius 3 is 2.55 bits per heavy atom. The van der Waals surface area contributed by atoms with Crippen LogP contribution in [0, 0.1) is 0 Å². The number of rotatable bonds is 9. The van der Waals surface area contributed by atoms with E-state index in [4.69, 9.17) is 10.3 Å². The number of aliphatic hydroxyl groups excluding tert-OH is 1. The first-order chi connectivity index (χ1) is 21.2. The van der Waals surface area contributed by atoms with E-state index in [0.717, 1.165) is 41.0 Å². The second kappa shape index (κ2) is 11.8. The summed E-state index contributed by atoms with van der Waals surface area (Å²) in [7, 11) is 0. The normalized spacial score (nSPS) is 13.7. The summed E-state index contributed by atoms with van der Waals surface area (Å²) in [6, 6.07) is 20.1. The highest BCUT2D eigenvalue weighted by molar-refractivity contribution is 6.08. The van der Waals surface area contributed by atoms with Crippen molar-refractivity contribution in [3.05, 3.63) is 89.2 Å². The fourth-order valence-electron chi connectivity index (χ4n) is 5.74. The number of benzene rings is 3. The van der Waals surface area contributed by atoms with Crippen LogP contribution in [0.15, 0.2) is 71.3 Å². The van der Waals surface area contributed by atoms with Gasteiger partial charge in [-0.1, -0.05) is 48.5 Å². The van der Waals surface area contributed by atoms with Crippen LogP contribution >= 0.6 is 0 Å². The average Bonchev–Trinajstić information content (AvgIpc) is 3.61. The molecule has 3 aromatic carbocycles. The maximum atomic E-state index is 14.1. The molecular formula is C32H31F3N6O3. The molecule has 12 heteroatoms. The van der Waals surface area contributed by atoms with Crippen LogP contribution in [0.1, 0.15) is 40.7 Å². The second-order valence-corrected chi connectivity index (χ2v) is 10.7. The number of nitrogens with zero attached hydrogens (tertiary/aromatic N) is 5. The van der Waals surface area contributed by atoms with Gasteiger partial charge in [-0.2, -0.15) is 18.3 Å². The van der Waals surface area contributed by atoms with Crippen LogP contribution in [0.4, 0.5) is 24.7 Å². The highest BCUT2D eigenvalue weighted by Gasteiger charge is 2.43. The highest BCUT2D eigenvalue weighted by atomic mass is 19.4. The number of nitrogen functional groups attached to an aromatic ring is 1. The van der Waals surface area contributed by atoms with Gasteiger partial charge in [-0.3, -0.25) is 9.69 Å². The lowest BCUT2D eigenvalue weighted by atomic mass is 9.98. The number of aliphatic hydroxyl groups is 1. The summed E-state index contributed by atoms with van der Waals surface area (Å²) in [6.45, 7) is 4.65. The van der Waals surface area contributed by atoms with Gasteiger partial charge in [0.25, 0.3) is 5.91 Å². The van der Waals surface area contributed by atoms with E-state index in [9.17, 15) is 23.1 Å². The Kier molecular flexibility index (Phi) is 7.87. The van der Waals surface area contributed by atoms with Gasteiger partial charge in [0.1, 0.15) is 5.69 Å². The molecular weight excluding hydrogens is 573 g/mol. The van der Waals surface area contributed by atoms with Crippen LogP contribution in [0.5, 0.6) is 0 Å². The van der Waals surface area contributed by atoms with Gasteiger partial charge in [-0.25, -0.2) is 4.68 Å². The van der Waals surface area contributed by atoms with Gasteiger partial charge in [-0.15, -0.1) is 0 Å². The van der Waals surface area contributed by atoms with Crippen LogP contribution in [0.3, 0.4) is 0 Å². The van der Waals surface area contributed by atoms with Crippen molar-refractivity contribution in [3.63, 3.8) is 0 Å². The van der Waals surface area contributed by atoms with Gasteiger partial charge in [0.05, 0.1) is 11.1 Å². The maximum absolute atomic E-state index is 14.1. The number of amides is 1. The third kappa shape index (κ3) is 5.42.